The topological polar surface area (TPSA) is 73.0 Å². The number of benzene rings is 1. The van der Waals surface area contributed by atoms with Gasteiger partial charge in [0.25, 0.3) is 0 Å². The van der Waals surface area contributed by atoms with E-state index >= 15 is 0 Å². The molecule has 1 saturated carbocycles. The van der Waals surface area contributed by atoms with Gasteiger partial charge in [-0.05, 0) is 37.1 Å². The Labute approximate surface area is 122 Å². The third-order valence-electron chi connectivity index (χ3n) is 3.47. The van der Waals surface area contributed by atoms with Crippen LogP contribution in [0.4, 0.5) is 0 Å². The highest BCUT2D eigenvalue weighted by atomic mass is 16.5. The summed E-state index contributed by atoms with van der Waals surface area (Å²) in [5.41, 5.74) is 1.40. The molecule has 3 rings (SSSR count). The van der Waals surface area contributed by atoms with Crippen molar-refractivity contribution in [2.45, 2.75) is 25.3 Å². The van der Waals surface area contributed by atoms with Crippen LogP contribution in [0.5, 0.6) is 11.5 Å². The maximum Gasteiger partial charge on any atom is 0.186 e. The number of ether oxygens (including phenoxy) is 2. The summed E-state index contributed by atoms with van der Waals surface area (Å²) in [5.74, 6) is 2.02. The number of methoxy groups -OCH3 is 1. The zero-order valence-electron chi connectivity index (χ0n) is 11.8. The van der Waals surface area contributed by atoms with Gasteiger partial charge in [-0.15, -0.1) is 5.10 Å². The first-order chi connectivity index (χ1) is 10.3. The van der Waals surface area contributed by atoms with Gasteiger partial charge >= 0.3 is 0 Å². The molecule has 108 valence electrons. The fourth-order valence-electron chi connectivity index (χ4n) is 2.25. The second-order valence-electron chi connectivity index (χ2n) is 4.96. The molecule has 6 heteroatoms. The van der Waals surface area contributed by atoms with Crippen LogP contribution in [0.25, 0.3) is 0 Å². The molecule has 2 aromatic rings. The number of hydrogen-bond donors (Lipinski definition) is 0. The average molecular weight is 284 g/mol. The number of hydrogen-bond acceptors (Lipinski definition) is 5. The largest absolute Gasteiger partial charge is 0.497 e. The van der Waals surface area contributed by atoms with Crippen molar-refractivity contribution in [3.8, 4) is 17.6 Å². The molecule has 1 aliphatic carbocycles. The summed E-state index contributed by atoms with van der Waals surface area (Å²) < 4.78 is 12.6. The summed E-state index contributed by atoms with van der Waals surface area (Å²) >= 11 is 0. The molecule has 1 aliphatic rings. The number of nitrogens with zero attached hydrogens (tertiary/aromatic N) is 4. The van der Waals surface area contributed by atoms with Crippen LogP contribution in [-0.2, 0) is 6.54 Å². The van der Waals surface area contributed by atoms with Crippen LogP contribution in [0.1, 0.15) is 30.1 Å². The minimum atomic E-state index is 0.440. The smallest absolute Gasteiger partial charge is 0.186 e. The summed E-state index contributed by atoms with van der Waals surface area (Å²) in [6.07, 6.45) is 2.22. The van der Waals surface area contributed by atoms with E-state index in [9.17, 15) is 0 Å². The first kappa shape index (κ1) is 13.4. The normalized spacial score (nSPS) is 13.7. The Morgan fingerprint density at radius 2 is 2.00 bits per heavy atom. The molecule has 0 unspecified atom stereocenters. The zero-order valence-corrected chi connectivity index (χ0v) is 11.8. The van der Waals surface area contributed by atoms with Crippen LogP contribution < -0.4 is 9.47 Å². The van der Waals surface area contributed by atoms with Crippen LogP contribution in [-0.4, -0.2) is 28.7 Å². The molecule has 1 aromatic heterocycles. The van der Waals surface area contributed by atoms with Gasteiger partial charge < -0.3 is 9.47 Å². The van der Waals surface area contributed by atoms with E-state index in [0.29, 0.717) is 24.8 Å². The third kappa shape index (κ3) is 2.97. The molecule has 0 bridgehead atoms. The summed E-state index contributed by atoms with van der Waals surface area (Å²) in [4.78, 5) is 0. The standard InChI is InChI=1S/C15H16N4O2/c1-20-12-4-6-13(7-5-12)21-9-8-19-15(11-2-3-11)14(10-16)17-18-19/h4-7,11H,2-3,8-9H2,1H3. The number of nitriles is 1. The van der Waals surface area contributed by atoms with Crippen molar-refractivity contribution in [3.63, 3.8) is 0 Å². The lowest BCUT2D eigenvalue weighted by Gasteiger charge is -2.08. The highest BCUT2D eigenvalue weighted by Gasteiger charge is 2.31. The first-order valence-electron chi connectivity index (χ1n) is 6.92. The predicted molar refractivity (Wildman–Crippen MR) is 75.2 cm³/mol. The Kier molecular flexibility index (Phi) is 3.73. The van der Waals surface area contributed by atoms with E-state index in [1.54, 1.807) is 11.8 Å². The van der Waals surface area contributed by atoms with Crippen molar-refractivity contribution in [3.05, 3.63) is 35.7 Å². The summed E-state index contributed by atoms with van der Waals surface area (Å²) in [5, 5.41) is 17.0. The van der Waals surface area contributed by atoms with Crippen molar-refractivity contribution in [2.75, 3.05) is 13.7 Å². The van der Waals surface area contributed by atoms with Crippen molar-refractivity contribution in [2.24, 2.45) is 0 Å². The molecule has 0 amide bonds. The van der Waals surface area contributed by atoms with Crippen molar-refractivity contribution < 1.29 is 9.47 Å². The molecule has 0 spiro atoms. The quantitative estimate of drug-likeness (QED) is 0.812. The predicted octanol–water partition coefficient (Wildman–Crippen LogP) is 2.11. The van der Waals surface area contributed by atoms with E-state index in [1.165, 1.54) is 0 Å². The molecule has 0 saturated heterocycles. The van der Waals surface area contributed by atoms with Crippen LogP contribution in [0, 0.1) is 11.3 Å². The van der Waals surface area contributed by atoms with Crippen LogP contribution in [0.3, 0.4) is 0 Å². The lowest BCUT2D eigenvalue weighted by molar-refractivity contribution is 0.287. The van der Waals surface area contributed by atoms with E-state index < -0.39 is 0 Å². The van der Waals surface area contributed by atoms with Crippen molar-refractivity contribution in [1.29, 1.82) is 5.26 Å². The Bertz CT molecular complexity index is 653. The SMILES string of the molecule is COc1ccc(OCCn2nnc(C#N)c2C2CC2)cc1. The minimum Gasteiger partial charge on any atom is -0.497 e. The van der Waals surface area contributed by atoms with E-state index in [-0.39, 0.29) is 0 Å². The van der Waals surface area contributed by atoms with Crippen molar-refractivity contribution >= 4 is 0 Å². The van der Waals surface area contributed by atoms with E-state index in [0.717, 1.165) is 30.0 Å². The Morgan fingerprint density at radius 1 is 1.29 bits per heavy atom. The fourth-order valence-corrected chi connectivity index (χ4v) is 2.25. The van der Waals surface area contributed by atoms with E-state index in [1.807, 2.05) is 24.3 Å². The van der Waals surface area contributed by atoms with Gasteiger partial charge in [-0.1, -0.05) is 5.21 Å². The molecule has 1 aromatic carbocycles. The monoisotopic (exact) mass is 284 g/mol. The van der Waals surface area contributed by atoms with Crippen LogP contribution in [0.2, 0.25) is 0 Å². The third-order valence-corrected chi connectivity index (χ3v) is 3.47. The van der Waals surface area contributed by atoms with Gasteiger partial charge in [-0.25, -0.2) is 4.68 Å². The van der Waals surface area contributed by atoms with Gasteiger partial charge in [0.15, 0.2) is 5.69 Å². The average Bonchev–Trinajstić information content (AvgIpc) is 3.28. The molecule has 6 nitrogen and oxygen atoms in total. The molecule has 1 heterocycles. The Balaban J connectivity index is 1.60. The highest BCUT2D eigenvalue weighted by molar-refractivity contribution is 5.31. The zero-order chi connectivity index (χ0) is 14.7. The summed E-state index contributed by atoms with van der Waals surface area (Å²) in [6, 6.07) is 9.55. The van der Waals surface area contributed by atoms with Gasteiger partial charge in [-0.2, -0.15) is 5.26 Å². The van der Waals surface area contributed by atoms with Gasteiger partial charge in [-0.3, -0.25) is 0 Å². The van der Waals surface area contributed by atoms with E-state index in [4.69, 9.17) is 14.7 Å². The number of aromatic nitrogens is 3. The first-order valence-corrected chi connectivity index (χ1v) is 6.92. The Morgan fingerprint density at radius 3 is 2.62 bits per heavy atom. The molecule has 0 radical (unpaired) electrons. The Hall–Kier alpha value is -2.55. The molecule has 1 fully saturated rings. The summed E-state index contributed by atoms with van der Waals surface area (Å²) in [7, 11) is 1.63. The lowest BCUT2D eigenvalue weighted by Crippen LogP contribution is -2.12. The molecule has 21 heavy (non-hydrogen) atoms. The van der Waals surface area contributed by atoms with Gasteiger partial charge in [0, 0.05) is 5.92 Å². The maximum absolute atomic E-state index is 9.05. The molecular formula is C15H16N4O2. The van der Waals surface area contributed by atoms with Crippen LogP contribution in [0.15, 0.2) is 24.3 Å². The van der Waals surface area contributed by atoms with Crippen LogP contribution >= 0.6 is 0 Å². The molecular weight excluding hydrogens is 268 g/mol. The lowest BCUT2D eigenvalue weighted by atomic mass is 10.2. The molecule has 0 aliphatic heterocycles. The fraction of sp³-hybridized carbons (Fsp3) is 0.400. The second kappa shape index (κ2) is 5.83. The minimum absolute atomic E-state index is 0.440. The number of rotatable bonds is 6. The van der Waals surface area contributed by atoms with Gasteiger partial charge in [0.2, 0.25) is 0 Å². The van der Waals surface area contributed by atoms with Crippen molar-refractivity contribution in [1.82, 2.24) is 15.0 Å². The second-order valence-corrected chi connectivity index (χ2v) is 4.96. The highest BCUT2D eigenvalue weighted by Crippen LogP contribution is 2.40. The van der Waals surface area contributed by atoms with Gasteiger partial charge in [0.05, 0.1) is 19.3 Å². The maximum atomic E-state index is 9.05. The molecule has 0 N–H and O–H groups in total. The molecule has 0 atom stereocenters. The van der Waals surface area contributed by atoms with Gasteiger partial charge in [0.1, 0.15) is 24.2 Å². The van der Waals surface area contributed by atoms with E-state index in [2.05, 4.69) is 16.4 Å². The summed E-state index contributed by atoms with van der Waals surface area (Å²) in [6.45, 7) is 1.08.